The van der Waals surface area contributed by atoms with Crippen molar-refractivity contribution in [1.82, 2.24) is 24.8 Å². The quantitative estimate of drug-likeness (QED) is 0.455. The maximum absolute atomic E-state index is 11.9. The molecule has 0 aromatic carbocycles. The van der Waals surface area contributed by atoms with Gasteiger partial charge in [0.1, 0.15) is 0 Å². The van der Waals surface area contributed by atoms with Crippen molar-refractivity contribution >= 4 is 17.7 Å². The lowest BCUT2D eigenvalue weighted by atomic mass is 10.1. The van der Waals surface area contributed by atoms with Crippen LogP contribution in [0.1, 0.15) is 29.8 Å². The number of hydrogen-bond donors (Lipinski definition) is 1. The van der Waals surface area contributed by atoms with E-state index in [1.165, 1.54) is 11.8 Å². The lowest BCUT2D eigenvalue weighted by molar-refractivity contribution is -0.121. The Morgan fingerprint density at radius 3 is 2.65 bits per heavy atom. The number of rotatable bonds is 8. The first kappa shape index (κ1) is 17.5. The van der Waals surface area contributed by atoms with Crippen LogP contribution in [-0.2, 0) is 17.8 Å². The van der Waals surface area contributed by atoms with Gasteiger partial charge in [-0.2, -0.15) is 0 Å². The van der Waals surface area contributed by atoms with Crippen molar-refractivity contribution in [1.29, 1.82) is 0 Å². The molecule has 124 valence electrons. The maximum atomic E-state index is 11.9. The van der Waals surface area contributed by atoms with E-state index in [4.69, 9.17) is 0 Å². The van der Waals surface area contributed by atoms with Gasteiger partial charge in [0.15, 0.2) is 5.16 Å². The van der Waals surface area contributed by atoms with Gasteiger partial charge in [-0.3, -0.25) is 4.79 Å². The monoisotopic (exact) mass is 333 g/mol. The highest BCUT2D eigenvalue weighted by atomic mass is 32.2. The lowest BCUT2D eigenvalue weighted by Crippen LogP contribution is -2.25. The second-order valence-corrected chi connectivity index (χ2v) is 6.14. The summed E-state index contributed by atoms with van der Waals surface area (Å²) in [7, 11) is 0. The fourth-order valence-electron chi connectivity index (χ4n) is 2.40. The molecule has 0 aliphatic heterocycles. The van der Waals surface area contributed by atoms with Crippen LogP contribution in [0.3, 0.4) is 0 Å². The van der Waals surface area contributed by atoms with Crippen molar-refractivity contribution in [3.63, 3.8) is 0 Å². The van der Waals surface area contributed by atoms with E-state index in [0.29, 0.717) is 19.4 Å². The summed E-state index contributed by atoms with van der Waals surface area (Å²) < 4.78 is 2.00. The average Bonchev–Trinajstić information content (AvgIpc) is 3.03. The smallest absolute Gasteiger partial charge is 0.220 e. The van der Waals surface area contributed by atoms with E-state index in [-0.39, 0.29) is 5.91 Å². The molecule has 0 saturated heterocycles. The Hall–Kier alpha value is -1.89. The molecule has 0 bridgehead atoms. The van der Waals surface area contributed by atoms with Crippen LogP contribution >= 0.6 is 11.8 Å². The van der Waals surface area contributed by atoms with Crippen molar-refractivity contribution in [2.24, 2.45) is 0 Å². The molecule has 6 nitrogen and oxygen atoms in total. The largest absolute Gasteiger partial charge is 0.356 e. The number of carbonyl (C=O) groups excluding carboxylic acids is 1. The van der Waals surface area contributed by atoms with E-state index >= 15 is 0 Å². The minimum Gasteiger partial charge on any atom is -0.356 e. The third-order valence-corrected chi connectivity index (χ3v) is 4.21. The Bertz CT molecular complexity index is 619. The fraction of sp³-hybridized carbons (Fsp3) is 0.500. The van der Waals surface area contributed by atoms with Crippen LogP contribution in [0.4, 0.5) is 0 Å². The lowest BCUT2D eigenvalue weighted by Gasteiger charge is -2.10. The Morgan fingerprint density at radius 2 is 2.04 bits per heavy atom. The van der Waals surface area contributed by atoms with Crippen molar-refractivity contribution in [3.05, 3.63) is 35.7 Å². The molecule has 23 heavy (non-hydrogen) atoms. The van der Waals surface area contributed by atoms with E-state index in [1.54, 1.807) is 12.5 Å². The normalized spacial score (nSPS) is 10.7. The van der Waals surface area contributed by atoms with Gasteiger partial charge in [-0.1, -0.05) is 11.8 Å². The molecular formula is C16H23N5OS. The van der Waals surface area contributed by atoms with Gasteiger partial charge in [0.05, 0.1) is 6.33 Å². The molecule has 0 fully saturated rings. The molecular weight excluding hydrogens is 310 g/mol. The standard InChI is InChI=1S/C16H23N5OS/c1-12-14(13(2)20-16(19-12)23-3)5-6-15(22)18-7-4-9-21-10-8-17-11-21/h8,10-11H,4-7,9H2,1-3H3,(H,18,22). The van der Waals surface area contributed by atoms with Crippen LogP contribution < -0.4 is 5.32 Å². The summed E-state index contributed by atoms with van der Waals surface area (Å²) in [6, 6.07) is 0. The summed E-state index contributed by atoms with van der Waals surface area (Å²) in [5.41, 5.74) is 3.01. The summed E-state index contributed by atoms with van der Waals surface area (Å²) in [6.45, 7) is 5.50. The SMILES string of the molecule is CSc1nc(C)c(CCC(=O)NCCCn2ccnc2)c(C)n1. The molecule has 7 heteroatoms. The zero-order valence-electron chi connectivity index (χ0n) is 13.9. The molecule has 1 amide bonds. The highest BCUT2D eigenvalue weighted by Gasteiger charge is 2.10. The van der Waals surface area contributed by atoms with Gasteiger partial charge in [-0.15, -0.1) is 0 Å². The van der Waals surface area contributed by atoms with Crippen LogP contribution in [0, 0.1) is 13.8 Å². The second kappa shape index (κ2) is 8.67. The van der Waals surface area contributed by atoms with E-state index < -0.39 is 0 Å². The molecule has 2 aromatic heterocycles. The first-order chi connectivity index (χ1) is 11.1. The number of aromatic nitrogens is 4. The molecule has 0 aliphatic rings. The predicted octanol–water partition coefficient (Wildman–Crippen LogP) is 2.15. The van der Waals surface area contributed by atoms with Gasteiger partial charge in [-0.25, -0.2) is 15.0 Å². The molecule has 0 radical (unpaired) electrons. The number of carbonyl (C=O) groups is 1. The molecule has 0 unspecified atom stereocenters. The number of thioether (sulfide) groups is 1. The summed E-state index contributed by atoms with van der Waals surface area (Å²) in [5, 5.41) is 3.74. The molecule has 2 heterocycles. The van der Waals surface area contributed by atoms with Crippen LogP contribution in [0.25, 0.3) is 0 Å². The predicted molar refractivity (Wildman–Crippen MR) is 91.5 cm³/mol. The first-order valence-corrected chi connectivity index (χ1v) is 8.93. The zero-order valence-corrected chi connectivity index (χ0v) is 14.7. The third kappa shape index (κ3) is 5.35. The summed E-state index contributed by atoms with van der Waals surface area (Å²) in [4.78, 5) is 24.8. The molecule has 2 aromatic rings. The van der Waals surface area contributed by atoms with Crippen LogP contribution in [0.5, 0.6) is 0 Å². The summed E-state index contributed by atoms with van der Waals surface area (Å²) in [5.74, 6) is 0.0726. The van der Waals surface area contributed by atoms with E-state index in [9.17, 15) is 4.79 Å². The van der Waals surface area contributed by atoms with Gasteiger partial charge in [0, 0.05) is 43.3 Å². The van der Waals surface area contributed by atoms with Crippen molar-refractivity contribution < 1.29 is 4.79 Å². The minimum atomic E-state index is 0.0726. The maximum Gasteiger partial charge on any atom is 0.220 e. The number of aryl methyl sites for hydroxylation is 3. The van der Waals surface area contributed by atoms with Gasteiger partial charge in [0.2, 0.25) is 5.91 Å². The minimum absolute atomic E-state index is 0.0726. The molecule has 0 aliphatic carbocycles. The molecule has 2 rings (SSSR count). The van der Waals surface area contributed by atoms with Gasteiger partial charge in [0.25, 0.3) is 0 Å². The number of imidazole rings is 1. The van der Waals surface area contributed by atoms with Gasteiger partial charge < -0.3 is 9.88 Å². The molecule has 0 spiro atoms. The number of amides is 1. The Kier molecular flexibility index (Phi) is 6.58. The average molecular weight is 333 g/mol. The summed E-state index contributed by atoms with van der Waals surface area (Å²) in [6.07, 6.45) is 9.47. The number of nitrogens with zero attached hydrogens (tertiary/aromatic N) is 4. The number of nitrogens with one attached hydrogen (secondary N) is 1. The highest BCUT2D eigenvalue weighted by molar-refractivity contribution is 7.98. The third-order valence-electron chi connectivity index (χ3n) is 3.66. The van der Waals surface area contributed by atoms with Crippen molar-refractivity contribution in [2.45, 2.75) is 44.8 Å². The zero-order chi connectivity index (χ0) is 16.7. The molecule has 0 atom stereocenters. The topological polar surface area (TPSA) is 72.7 Å². The first-order valence-electron chi connectivity index (χ1n) is 7.70. The van der Waals surface area contributed by atoms with E-state index in [2.05, 4.69) is 20.3 Å². The fourth-order valence-corrected chi connectivity index (χ4v) is 2.85. The van der Waals surface area contributed by atoms with E-state index in [0.717, 1.165) is 35.1 Å². The number of hydrogen-bond acceptors (Lipinski definition) is 5. The van der Waals surface area contributed by atoms with Gasteiger partial charge >= 0.3 is 0 Å². The Balaban J connectivity index is 1.74. The molecule has 0 saturated carbocycles. The van der Waals surface area contributed by atoms with E-state index in [1.807, 2.05) is 30.9 Å². The summed E-state index contributed by atoms with van der Waals surface area (Å²) >= 11 is 1.53. The van der Waals surface area contributed by atoms with Crippen molar-refractivity contribution in [2.75, 3.05) is 12.8 Å². The van der Waals surface area contributed by atoms with Crippen LogP contribution in [0.2, 0.25) is 0 Å². The van der Waals surface area contributed by atoms with Gasteiger partial charge in [-0.05, 0) is 38.5 Å². The molecule has 1 N–H and O–H groups in total. The Labute approximate surface area is 141 Å². The second-order valence-electron chi connectivity index (χ2n) is 5.36. The van der Waals surface area contributed by atoms with Crippen LogP contribution in [-0.4, -0.2) is 38.2 Å². The highest BCUT2D eigenvalue weighted by Crippen LogP contribution is 2.16. The van der Waals surface area contributed by atoms with Crippen LogP contribution in [0.15, 0.2) is 23.9 Å². The Morgan fingerprint density at radius 1 is 1.30 bits per heavy atom. The van der Waals surface area contributed by atoms with Crippen molar-refractivity contribution in [3.8, 4) is 0 Å².